The highest BCUT2D eigenvalue weighted by Gasteiger charge is 2.04. The summed E-state index contributed by atoms with van der Waals surface area (Å²) in [6.07, 6.45) is 0. The Bertz CT molecular complexity index is 188. The van der Waals surface area contributed by atoms with E-state index in [1.54, 1.807) is 12.1 Å². The highest BCUT2D eigenvalue weighted by atomic mass is 35.5. The Morgan fingerprint density at radius 2 is 2.10 bits per heavy atom. The van der Waals surface area contributed by atoms with Crippen molar-refractivity contribution < 1.29 is 4.79 Å². The van der Waals surface area contributed by atoms with Gasteiger partial charge >= 0.3 is 5.37 Å². The van der Waals surface area contributed by atoms with Crippen molar-refractivity contribution in [3.05, 3.63) is 0 Å². The number of hydrogen-bond donors (Lipinski definition) is 1. The topological polar surface area (TPSA) is 76.7 Å². The molecular weight excluding hydrogens is 154 g/mol. The first-order valence-corrected chi connectivity index (χ1v) is 2.81. The zero-order valence-electron chi connectivity index (χ0n) is 4.97. The molecule has 4 nitrogen and oxygen atoms in total. The summed E-state index contributed by atoms with van der Waals surface area (Å²) in [7, 11) is 0. The number of nitrogens with zero attached hydrogens (tertiary/aromatic N) is 2. The predicted molar refractivity (Wildman–Crippen MR) is 34.0 cm³/mol. The molecule has 0 heterocycles. The van der Waals surface area contributed by atoms with Crippen molar-refractivity contribution in [2.75, 3.05) is 6.54 Å². The normalized spacial score (nSPS) is 8.00. The number of rotatable bonds is 2. The molecule has 0 aliphatic heterocycles. The molecule has 0 aliphatic carbocycles. The molecule has 0 aromatic rings. The minimum atomic E-state index is -0.817. The van der Waals surface area contributed by atoms with Crippen LogP contribution < -0.4 is 5.32 Å². The van der Waals surface area contributed by atoms with Crippen LogP contribution in [0.3, 0.4) is 0 Å². The number of amides is 1. The summed E-state index contributed by atoms with van der Waals surface area (Å²) in [6.45, 7) is -0.0185. The molecule has 0 bridgehead atoms. The monoisotopic (exact) mass is 157 g/mol. The van der Waals surface area contributed by atoms with Gasteiger partial charge in [-0.3, -0.25) is 4.79 Å². The van der Waals surface area contributed by atoms with E-state index < -0.39 is 11.3 Å². The van der Waals surface area contributed by atoms with Crippen LogP contribution in [0.5, 0.6) is 0 Å². The maximum Gasteiger partial charge on any atom is 0.313 e. The van der Waals surface area contributed by atoms with E-state index >= 15 is 0 Å². The molecule has 0 atom stereocenters. The quantitative estimate of drug-likeness (QED) is 0.471. The number of halogens is 1. The second kappa shape index (κ2) is 4.60. The fourth-order valence-electron chi connectivity index (χ4n) is 0.302. The summed E-state index contributed by atoms with van der Waals surface area (Å²) in [5.74, 6) is -0.817. The van der Waals surface area contributed by atoms with Crippen LogP contribution in [0.2, 0.25) is 0 Å². The van der Waals surface area contributed by atoms with E-state index in [0.717, 1.165) is 0 Å². The molecule has 10 heavy (non-hydrogen) atoms. The van der Waals surface area contributed by atoms with Crippen molar-refractivity contribution in [1.82, 2.24) is 5.32 Å². The van der Waals surface area contributed by atoms with Crippen molar-refractivity contribution in [2.24, 2.45) is 5.92 Å². The van der Waals surface area contributed by atoms with E-state index in [9.17, 15) is 4.79 Å². The fourth-order valence-corrected chi connectivity index (χ4v) is 0.380. The largest absolute Gasteiger partial charge is 0.340 e. The third kappa shape index (κ3) is 3.71. The Labute approximate surface area is 63.0 Å². The predicted octanol–water partition coefficient (Wildman–Crippen LogP) is 0.598. The lowest BCUT2D eigenvalue weighted by atomic mass is 10.2. The van der Waals surface area contributed by atoms with Gasteiger partial charge in [0.05, 0.1) is 12.1 Å². The highest BCUT2D eigenvalue weighted by molar-refractivity contribution is 6.62. The van der Waals surface area contributed by atoms with Crippen molar-refractivity contribution in [2.45, 2.75) is 0 Å². The molecule has 0 saturated carbocycles. The molecule has 1 amide bonds. The van der Waals surface area contributed by atoms with Gasteiger partial charge in [0, 0.05) is 6.54 Å². The maximum atomic E-state index is 10.0. The Balaban J connectivity index is 3.61. The summed E-state index contributed by atoms with van der Waals surface area (Å²) in [6, 6.07) is 3.35. The Morgan fingerprint density at radius 1 is 1.60 bits per heavy atom. The smallest absolute Gasteiger partial charge is 0.313 e. The van der Waals surface area contributed by atoms with Crippen LogP contribution in [-0.2, 0) is 0 Å². The number of hydrogen-bond acceptors (Lipinski definition) is 3. The Kier molecular flexibility index (Phi) is 4.02. The fraction of sp³-hybridized carbons (Fsp3) is 0.400. The van der Waals surface area contributed by atoms with Crippen molar-refractivity contribution >= 4 is 17.0 Å². The van der Waals surface area contributed by atoms with Gasteiger partial charge in [0.15, 0.2) is 5.92 Å². The van der Waals surface area contributed by atoms with Crippen molar-refractivity contribution in [1.29, 1.82) is 10.5 Å². The zero-order valence-corrected chi connectivity index (χ0v) is 5.72. The molecule has 0 saturated heterocycles. The number of carbonyl (C=O) groups excluding carboxylic acids is 1. The van der Waals surface area contributed by atoms with Crippen LogP contribution in [0.15, 0.2) is 0 Å². The molecule has 0 aliphatic rings. The van der Waals surface area contributed by atoms with Gasteiger partial charge in [-0.15, -0.1) is 0 Å². The lowest BCUT2D eigenvalue weighted by Crippen LogP contribution is -2.23. The van der Waals surface area contributed by atoms with Crippen LogP contribution >= 0.6 is 11.6 Å². The number of nitrogens with one attached hydrogen (secondary N) is 1. The zero-order chi connectivity index (χ0) is 7.98. The number of nitriles is 2. The SMILES string of the molecule is N#CC(C#N)CNC(=O)Cl. The Hall–Kier alpha value is -1.26. The molecule has 52 valence electrons. The van der Waals surface area contributed by atoms with Gasteiger partial charge in [-0.05, 0) is 11.6 Å². The van der Waals surface area contributed by atoms with Crippen LogP contribution in [0.4, 0.5) is 4.79 Å². The first-order valence-electron chi connectivity index (χ1n) is 2.43. The van der Waals surface area contributed by atoms with E-state index in [0.29, 0.717) is 0 Å². The van der Waals surface area contributed by atoms with E-state index in [4.69, 9.17) is 22.1 Å². The van der Waals surface area contributed by atoms with Gasteiger partial charge in [-0.2, -0.15) is 10.5 Å². The van der Waals surface area contributed by atoms with E-state index in [1.807, 2.05) is 0 Å². The van der Waals surface area contributed by atoms with Gasteiger partial charge in [-0.25, -0.2) is 0 Å². The molecule has 0 fully saturated rings. The minimum absolute atomic E-state index is 0.0185. The van der Waals surface area contributed by atoms with Gasteiger partial charge in [0.2, 0.25) is 0 Å². The molecule has 1 N–H and O–H groups in total. The second-order valence-electron chi connectivity index (χ2n) is 1.47. The summed E-state index contributed by atoms with van der Waals surface area (Å²) in [5, 5.41) is 17.7. The van der Waals surface area contributed by atoms with E-state index in [2.05, 4.69) is 5.32 Å². The standard InChI is InChI=1S/C5H4ClN3O/c6-5(10)9-3-4(1-7)2-8/h4H,3H2,(H,9,10). The third-order valence-corrected chi connectivity index (χ3v) is 0.890. The van der Waals surface area contributed by atoms with Crippen molar-refractivity contribution in [3.8, 4) is 12.1 Å². The van der Waals surface area contributed by atoms with Gasteiger partial charge < -0.3 is 5.32 Å². The number of carbonyl (C=O) groups is 1. The van der Waals surface area contributed by atoms with Gasteiger partial charge in [-0.1, -0.05) is 0 Å². The second-order valence-corrected chi connectivity index (χ2v) is 1.81. The summed E-state index contributed by atoms with van der Waals surface area (Å²) < 4.78 is 0. The molecule has 0 unspecified atom stereocenters. The molecule has 5 heteroatoms. The lowest BCUT2D eigenvalue weighted by Gasteiger charge is -1.97. The molecule has 0 aromatic carbocycles. The molecular formula is C5H4ClN3O. The van der Waals surface area contributed by atoms with E-state index in [-0.39, 0.29) is 6.54 Å². The van der Waals surface area contributed by atoms with Crippen molar-refractivity contribution in [3.63, 3.8) is 0 Å². The maximum absolute atomic E-state index is 10.0. The van der Waals surface area contributed by atoms with Crippen LogP contribution in [-0.4, -0.2) is 11.9 Å². The van der Waals surface area contributed by atoms with Gasteiger partial charge in [0.25, 0.3) is 0 Å². The van der Waals surface area contributed by atoms with Crippen LogP contribution in [0.1, 0.15) is 0 Å². The minimum Gasteiger partial charge on any atom is -0.340 e. The average Bonchev–Trinajstić information content (AvgIpc) is 1.90. The molecule has 0 radical (unpaired) electrons. The first kappa shape index (κ1) is 8.74. The summed E-state index contributed by atoms with van der Waals surface area (Å²) in [5.41, 5.74) is 0. The summed E-state index contributed by atoms with van der Waals surface area (Å²) >= 11 is 4.87. The van der Waals surface area contributed by atoms with E-state index in [1.165, 1.54) is 0 Å². The lowest BCUT2D eigenvalue weighted by molar-refractivity contribution is 0.259. The Morgan fingerprint density at radius 3 is 2.40 bits per heavy atom. The molecule has 0 spiro atoms. The van der Waals surface area contributed by atoms with Crippen LogP contribution in [0.25, 0.3) is 0 Å². The van der Waals surface area contributed by atoms with Gasteiger partial charge in [0.1, 0.15) is 0 Å². The molecule has 0 rings (SSSR count). The first-order chi connectivity index (χ1) is 4.70. The summed E-state index contributed by atoms with van der Waals surface area (Å²) in [4.78, 5) is 10.0. The highest BCUT2D eigenvalue weighted by Crippen LogP contribution is 1.88. The average molecular weight is 158 g/mol. The third-order valence-electron chi connectivity index (χ3n) is 0.757. The van der Waals surface area contributed by atoms with Crippen LogP contribution in [0, 0.1) is 28.6 Å². The molecule has 0 aromatic heterocycles.